The molecule has 0 radical (unpaired) electrons. The van der Waals surface area contributed by atoms with Gasteiger partial charge in [0.15, 0.2) is 0 Å². The lowest BCUT2D eigenvalue weighted by Crippen LogP contribution is -2.39. The summed E-state index contributed by atoms with van der Waals surface area (Å²) >= 11 is 0. The largest absolute Gasteiger partial charge is 0.385 e. The summed E-state index contributed by atoms with van der Waals surface area (Å²) in [5, 5.41) is 3.55. The highest BCUT2D eigenvalue weighted by Gasteiger charge is 2.14. The molecule has 0 aliphatic carbocycles. The van der Waals surface area contributed by atoms with Crippen LogP contribution in [0.2, 0.25) is 0 Å². The topological polar surface area (TPSA) is 33.7 Å². The zero-order valence-electron chi connectivity index (χ0n) is 14.5. The molecular formula is C16H36N2O2. The molecule has 4 heteroatoms. The Kier molecular flexibility index (Phi) is 11.4. The molecule has 1 unspecified atom stereocenters. The summed E-state index contributed by atoms with van der Waals surface area (Å²) in [5.74, 6) is 0. The Balaban J connectivity index is 3.95. The van der Waals surface area contributed by atoms with Gasteiger partial charge in [-0.15, -0.1) is 0 Å². The maximum absolute atomic E-state index is 5.21. The highest BCUT2D eigenvalue weighted by Crippen LogP contribution is 2.08. The highest BCUT2D eigenvalue weighted by atomic mass is 16.5. The fraction of sp³-hybridized carbons (Fsp3) is 1.00. The summed E-state index contributed by atoms with van der Waals surface area (Å²) < 4.78 is 10.4. The first-order chi connectivity index (χ1) is 9.40. The van der Waals surface area contributed by atoms with Crippen molar-refractivity contribution in [2.24, 2.45) is 0 Å². The maximum Gasteiger partial charge on any atom is 0.0589 e. The van der Waals surface area contributed by atoms with Gasteiger partial charge in [0.1, 0.15) is 0 Å². The summed E-state index contributed by atoms with van der Waals surface area (Å²) in [6, 6.07) is 0.601. The minimum atomic E-state index is 0.220. The van der Waals surface area contributed by atoms with Crippen molar-refractivity contribution >= 4 is 0 Å². The third kappa shape index (κ3) is 11.6. The minimum absolute atomic E-state index is 0.220. The van der Waals surface area contributed by atoms with E-state index in [0.29, 0.717) is 6.04 Å². The molecule has 0 spiro atoms. The van der Waals surface area contributed by atoms with Gasteiger partial charge >= 0.3 is 0 Å². The maximum atomic E-state index is 5.21. The normalized spacial score (nSPS) is 13.9. The second kappa shape index (κ2) is 11.5. The van der Waals surface area contributed by atoms with Crippen molar-refractivity contribution in [2.45, 2.75) is 58.5 Å². The summed E-state index contributed by atoms with van der Waals surface area (Å²) in [5.41, 5.74) is 0.220. The Bertz CT molecular complexity index is 217. The van der Waals surface area contributed by atoms with E-state index in [1.165, 1.54) is 12.8 Å². The van der Waals surface area contributed by atoms with Gasteiger partial charge in [-0.1, -0.05) is 0 Å². The number of rotatable bonds is 12. The first-order valence-corrected chi connectivity index (χ1v) is 7.87. The van der Waals surface area contributed by atoms with E-state index in [1.807, 2.05) is 0 Å². The first-order valence-electron chi connectivity index (χ1n) is 7.87. The quantitative estimate of drug-likeness (QED) is 0.560. The van der Waals surface area contributed by atoms with Gasteiger partial charge in [-0.05, 0) is 53.5 Å². The lowest BCUT2D eigenvalue weighted by Gasteiger charge is -2.29. The summed E-state index contributed by atoms with van der Waals surface area (Å²) in [4.78, 5) is 2.51. The Morgan fingerprint density at radius 2 is 1.65 bits per heavy atom. The summed E-state index contributed by atoms with van der Waals surface area (Å²) in [6.07, 6.45) is 3.52. The molecule has 0 rings (SSSR count). The molecule has 0 amide bonds. The van der Waals surface area contributed by atoms with Crippen LogP contribution < -0.4 is 5.32 Å². The van der Waals surface area contributed by atoms with Crippen molar-refractivity contribution in [3.05, 3.63) is 0 Å². The smallest absolute Gasteiger partial charge is 0.0589 e. The van der Waals surface area contributed by atoms with Gasteiger partial charge in [-0.25, -0.2) is 0 Å². The number of ether oxygens (including phenoxy) is 2. The van der Waals surface area contributed by atoms with Gasteiger partial charge in [-0.3, -0.25) is 4.90 Å². The van der Waals surface area contributed by atoms with Crippen LogP contribution in [-0.2, 0) is 9.47 Å². The predicted molar refractivity (Wildman–Crippen MR) is 86.4 cm³/mol. The Hall–Kier alpha value is -0.160. The van der Waals surface area contributed by atoms with E-state index in [0.717, 1.165) is 39.3 Å². The van der Waals surface area contributed by atoms with Gasteiger partial charge in [0.2, 0.25) is 0 Å². The second-order valence-electron chi connectivity index (χ2n) is 6.54. The van der Waals surface area contributed by atoms with Crippen LogP contribution in [0.3, 0.4) is 0 Å². The zero-order valence-corrected chi connectivity index (χ0v) is 14.5. The van der Waals surface area contributed by atoms with Gasteiger partial charge in [0.25, 0.3) is 0 Å². The predicted octanol–water partition coefficient (Wildman–Crippen LogP) is 2.53. The first kappa shape index (κ1) is 19.8. The molecule has 1 atom stereocenters. The SMILES string of the molecule is COCCCN(CCOC)C(C)CCCNC(C)(C)C. The lowest BCUT2D eigenvalue weighted by molar-refractivity contribution is 0.107. The van der Waals surface area contributed by atoms with Crippen LogP contribution in [0.1, 0.15) is 47.0 Å². The number of nitrogens with one attached hydrogen (secondary N) is 1. The highest BCUT2D eigenvalue weighted by molar-refractivity contribution is 4.72. The van der Waals surface area contributed by atoms with Crippen LogP contribution in [-0.4, -0.2) is 63.5 Å². The van der Waals surface area contributed by atoms with E-state index >= 15 is 0 Å². The third-order valence-electron chi connectivity index (χ3n) is 3.45. The summed E-state index contributed by atoms with van der Waals surface area (Å²) in [7, 11) is 3.53. The molecule has 0 saturated carbocycles. The fourth-order valence-corrected chi connectivity index (χ4v) is 2.22. The monoisotopic (exact) mass is 288 g/mol. The number of methoxy groups -OCH3 is 2. The molecule has 0 aromatic heterocycles. The fourth-order valence-electron chi connectivity index (χ4n) is 2.22. The molecule has 0 fully saturated rings. The molecule has 4 nitrogen and oxygen atoms in total. The molecule has 122 valence electrons. The van der Waals surface area contributed by atoms with Gasteiger partial charge in [0, 0.05) is 45.5 Å². The Morgan fingerprint density at radius 1 is 1.00 bits per heavy atom. The van der Waals surface area contributed by atoms with Crippen molar-refractivity contribution in [3.63, 3.8) is 0 Å². The van der Waals surface area contributed by atoms with Crippen molar-refractivity contribution < 1.29 is 9.47 Å². The second-order valence-corrected chi connectivity index (χ2v) is 6.54. The van der Waals surface area contributed by atoms with Gasteiger partial charge in [0.05, 0.1) is 6.61 Å². The van der Waals surface area contributed by atoms with Crippen LogP contribution in [0.5, 0.6) is 0 Å². The molecule has 0 bridgehead atoms. The number of hydrogen-bond donors (Lipinski definition) is 1. The van der Waals surface area contributed by atoms with E-state index < -0.39 is 0 Å². The lowest BCUT2D eigenvalue weighted by atomic mass is 10.1. The Labute approximate surface area is 126 Å². The number of hydrogen-bond acceptors (Lipinski definition) is 4. The van der Waals surface area contributed by atoms with Gasteiger partial charge in [-0.2, -0.15) is 0 Å². The van der Waals surface area contributed by atoms with E-state index in [-0.39, 0.29) is 5.54 Å². The van der Waals surface area contributed by atoms with Gasteiger partial charge < -0.3 is 14.8 Å². The molecule has 0 aliphatic heterocycles. The van der Waals surface area contributed by atoms with Crippen LogP contribution >= 0.6 is 0 Å². The molecule has 0 aromatic carbocycles. The minimum Gasteiger partial charge on any atom is -0.385 e. The summed E-state index contributed by atoms with van der Waals surface area (Å²) in [6.45, 7) is 13.8. The van der Waals surface area contributed by atoms with E-state index in [4.69, 9.17) is 9.47 Å². The van der Waals surface area contributed by atoms with Crippen molar-refractivity contribution in [1.29, 1.82) is 0 Å². The van der Waals surface area contributed by atoms with Crippen molar-refractivity contribution in [1.82, 2.24) is 10.2 Å². The van der Waals surface area contributed by atoms with Crippen LogP contribution in [0, 0.1) is 0 Å². The van der Waals surface area contributed by atoms with E-state index in [9.17, 15) is 0 Å². The molecule has 20 heavy (non-hydrogen) atoms. The van der Waals surface area contributed by atoms with Crippen LogP contribution in [0.4, 0.5) is 0 Å². The Morgan fingerprint density at radius 3 is 2.20 bits per heavy atom. The van der Waals surface area contributed by atoms with Crippen LogP contribution in [0.25, 0.3) is 0 Å². The molecular weight excluding hydrogens is 252 g/mol. The average molecular weight is 288 g/mol. The zero-order chi connectivity index (χ0) is 15.4. The molecule has 0 aliphatic rings. The molecule has 0 saturated heterocycles. The average Bonchev–Trinajstić information content (AvgIpc) is 2.37. The standard InChI is InChI=1S/C16H36N2O2/c1-15(9-7-10-17-16(2,3)4)18(12-14-20-6)11-8-13-19-5/h15,17H,7-14H2,1-6H3. The van der Waals surface area contributed by atoms with E-state index in [2.05, 4.69) is 37.9 Å². The van der Waals surface area contributed by atoms with Crippen molar-refractivity contribution in [2.75, 3.05) is 47.1 Å². The van der Waals surface area contributed by atoms with Crippen LogP contribution in [0.15, 0.2) is 0 Å². The number of nitrogens with zero attached hydrogens (tertiary/aromatic N) is 1. The van der Waals surface area contributed by atoms with Crippen molar-refractivity contribution in [3.8, 4) is 0 Å². The molecule has 0 heterocycles. The van der Waals surface area contributed by atoms with E-state index in [1.54, 1.807) is 14.2 Å². The molecule has 1 N–H and O–H groups in total. The third-order valence-corrected chi connectivity index (χ3v) is 3.45. The molecule has 0 aromatic rings.